The molecule has 1 saturated heterocycles. The molecule has 1 atom stereocenters. The number of hydrogen-bond donors (Lipinski definition) is 3. The van der Waals surface area contributed by atoms with E-state index in [1.807, 2.05) is 13.8 Å². The van der Waals surface area contributed by atoms with Crippen LogP contribution in [0.15, 0.2) is 36.4 Å². The zero-order valence-corrected chi connectivity index (χ0v) is 16.5. The van der Waals surface area contributed by atoms with Gasteiger partial charge in [0, 0.05) is 31.6 Å². The molecular formula is C20H25FN6O2. The van der Waals surface area contributed by atoms with E-state index in [-0.39, 0.29) is 29.4 Å². The molecule has 1 unspecified atom stereocenters. The van der Waals surface area contributed by atoms with Crippen LogP contribution in [0.2, 0.25) is 0 Å². The first-order valence-electron chi connectivity index (χ1n) is 9.42. The number of benzene rings is 1. The fraction of sp³-hybridized carbons (Fsp3) is 0.400. The molecule has 4 N–H and O–H groups in total. The Balaban J connectivity index is 1.60. The van der Waals surface area contributed by atoms with Crippen LogP contribution in [-0.4, -0.2) is 59.1 Å². The van der Waals surface area contributed by atoms with Crippen molar-refractivity contribution in [2.24, 2.45) is 5.73 Å². The van der Waals surface area contributed by atoms with Crippen LogP contribution in [0.25, 0.3) is 0 Å². The summed E-state index contributed by atoms with van der Waals surface area (Å²) in [5, 5.41) is 14.3. The largest absolute Gasteiger partial charge is 0.368 e. The molecule has 1 aromatic heterocycles. The predicted molar refractivity (Wildman–Crippen MR) is 107 cm³/mol. The highest BCUT2D eigenvalue weighted by atomic mass is 19.1. The molecule has 0 spiro atoms. The summed E-state index contributed by atoms with van der Waals surface area (Å²) in [6, 6.07) is 9.13. The van der Waals surface area contributed by atoms with E-state index in [1.54, 1.807) is 29.2 Å². The lowest BCUT2D eigenvalue weighted by Crippen LogP contribution is -2.57. The third-order valence-electron chi connectivity index (χ3n) is 5.03. The van der Waals surface area contributed by atoms with E-state index in [1.165, 1.54) is 12.1 Å². The monoisotopic (exact) mass is 400 g/mol. The van der Waals surface area contributed by atoms with E-state index in [4.69, 9.17) is 5.73 Å². The maximum absolute atomic E-state index is 13.1. The minimum absolute atomic E-state index is 0.207. The smallest absolute Gasteiger partial charge is 0.274 e. The van der Waals surface area contributed by atoms with Gasteiger partial charge in [0.15, 0.2) is 5.69 Å². The van der Waals surface area contributed by atoms with Crippen LogP contribution in [0.1, 0.15) is 29.9 Å². The maximum Gasteiger partial charge on any atom is 0.274 e. The number of anilines is 1. The van der Waals surface area contributed by atoms with E-state index in [2.05, 4.69) is 20.8 Å². The standard InChI is InChI=1S/C20H25FN6O2/c1-20(2,13-3-5-14(21)6-4-13)12-24-17-8-7-15(25-26-17)19(29)27-10-9-23-16(11-27)18(22)28/h3-8,16,23H,9-12H2,1-2H3,(H2,22,28)(H,24,26). The number of amides is 2. The highest BCUT2D eigenvalue weighted by Crippen LogP contribution is 2.23. The number of nitrogens with zero attached hydrogens (tertiary/aromatic N) is 3. The van der Waals surface area contributed by atoms with Crippen molar-refractivity contribution < 1.29 is 14.0 Å². The topological polar surface area (TPSA) is 113 Å². The van der Waals surface area contributed by atoms with E-state index in [0.717, 1.165) is 5.56 Å². The number of aromatic nitrogens is 2. The summed E-state index contributed by atoms with van der Waals surface area (Å²) in [5.74, 6) is -0.511. The maximum atomic E-state index is 13.1. The van der Waals surface area contributed by atoms with Crippen LogP contribution < -0.4 is 16.4 Å². The van der Waals surface area contributed by atoms with Crippen LogP contribution in [0.4, 0.5) is 10.2 Å². The normalized spacial score (nSPS) is 17.1. The van der Waals surface area contributed by atoms with Crippen molar-refractivity contribution in [2.45, 2.75) is 25.3 Å². The second-order valence-corrected chi connectivity index (χ2v) is 7.71. The number of halogens is 1. The van der Waals surface area contributed by atoms with Gasteiger partial charge in [-0.05, 0) is 29.8 Å². The third kappa shape index (κ3) is 5.05. The van der Waals surface area contributed by atoms with Gasteiger partial charge in [-0.15, -0.1) is 10.2 Å². The first kappa shape index (κ1) is 20.7. The van der Waals surface area contributed by atoms with Crippen LogP contribution in [0.5, 0.6) is 0 Å². The Kier molecular flexibility index (Phi) is 6.07. The highest BCUT2D eigenvalue weighted by Gasteiger charge is 2.28. The van der Waals surface area contributed by atoms with Crippen molar-refractivity contribution in [2.75, 3.05) is 31.5 Å². The molecule has 0 saturated carbocycles. The Labute approximate surface area is 168 Å². The molecule has 0 aliphatic carbocycles. The minimum atomic E-state index is -0.560. The van der Waals surface area contributed by atoms with Gasteiger partial charge >= 0.3 is 0 Å². The zero-order chi connectivity index (χ0) is 21.0. The van der Waals surface area contributed by atoms with Crippen molar-refractivity contribution in [3.05, 3.63) is 53.5 Å². The molecule has 9 heteroatoms. The Morgan fingerprint density at radius 1 is 1.24 bits per heavy atom. The first-order valence-corrected chi connectivity index (χ1v) is 9.42. The van der Waals surface area contributed by atoms with Crippen molar-refractivity contribution in [3.63, 3.8) is 0 Å². The third-order valence-corrected chi connectivity index (χ3v) is 5.03. The summed E-state index contributed by atoms with van der Waals surface area (Å²) in [6.45, 7) is 5.80. The van der Waals surface area contributed by atoms with Gasteiger partial charge in [0.2, 0.25) is 5.91 Å². The SMILES string of the molecule is CC(C)(CNc1ccc(C(=O)N2CCNC(C(N)=O)C2)nn1)c1ccc(F)cc1. The Morgan fingerprint density at radius 3 is 2.59 bits per heavy atom. The molecule has 1 aromatic carbocycles. The second kappa shape index (κ2) is 8.52. The van der Waals surface area contributed by atoms with Gasteiger partial charge in [-0.25, -0.2) is 4.39 Å². The lowest BCUT2D eigenvalue weighted by Gasteiger charge is -2.31. The van der Waals surface area contributed by atoms with Crippen molar-refractivity contribution in [1.82, 2.24) is 20.4 Å². The van der Waals surface area contributed by atoms with Crippen molar-refractivity contribution in [3.8, 4) is 0 Å². The Bertz CT molecular complexity index is 870. The second-order valence-electron chi connectivity index (χ2n) is 7.71. The van der Waals surface area contributed by atoms with Gasteiger partial charge in [0.1, 0.15) is 17.7 Å². The molecule has 0 bridgehead atoms. The summed E-state index contributed by atoms with van der Waals surface area (Å²) in [6.07, 6.45) is 0. The lowest BCUT2D eigenvalue weighted by atomic mass is 9.84. The number of nitrogens with one attached hydrogen (secondary N) is 2. The van der Waals surface area contributed by atoms with Gasteiger partial charge in [-0.3, -0.25) is 9.59 Å². The first-order chi connectivity index (χ1) is 13.8. The number of carbonyl (C=O) groups excluding carboxylic acids is 2. The lowest BCUT2D eigenvalue weighted by molar-refractivity contribution is -0.120. The summed E-state index contributed by atoms with van der Waals surface area (Å²) in [5.41, 5.74) is 6.26. The van der Waals surface area contributed by atoms with Crippen molar-refractivity contribution >= 4 is 17.6 Å². The van der Waals surface area contributed by atoms with Gasteiger partial charge in [0.25, 0.3) is 5.91 Å². The Morgan fingerprint density at radius 2 is 1.97 bits per heavy atom. The van der Waals surface area contributed by atoms with E-state index in [9.17, 15) is 14.0 Å². The molecule has 154 valence electrons. The van der Waals surface area contributed by atoms with Crippen LogP contribution in [-0.2, 0) is 10.2 Å². The number of nitrogens with two attached hydrogens (primary N) is 1. The molecule has 2 amide bonds. The van der Waals surface area contributed by atoms with Crippen LogP contribution in [0, 0.1) is 5.82 Å². The molecule has 29 heavy (non-hydrogen) atoms. The summed E-state index contributed by atoms with van der Waals surface area (Å²) < 4.78 is 13.1. The molecule has 1 fully saturated rings. The summed E-state index contributed by atoms with van der Waals surface area (Å²) in [4.78, 5) is 25.5. The van der Waals surface area contributed by atoms with E-state index in [0.29, 0.717) is 25.5 Å². The van der Waals surface area contributed by atoms with Gasteiger partial charge < -0.3 is 21.3 Å². The number of piperazine rings is 1. The molecule has 2 heterocycles. The number of carbonyl (C=O) groups is 2. The molecule has 2 aromatic rings. The summed E-state index contributed by atoms with van der Waals surface area (Å²) in [7, 11) is 0. The van der Waals surface area contributed by atoms with Gasteiger partial charge in [0.05, 0.1) is 0 Å². The minimum Gasteiger partial charge on any atom is -0.368 e. The number of rotatable bonds is 6. The van der Waals surface area contributed by atoms with Crippen LogP contribution in [0.3, 0.4) is 0 Å². The molecule has 8 nitrogen and oxygen atoms in total. The van der Waals surface area contributed by atoms with Crippen molar-refractivity contribution in [1.29, 1.82) is 0 Å². The van der Waals surface area contributed by atoms with E-state index >= 15 is 0 Å². The molecule has 1 aliphatic heterocycles. The summed E-state index contributed by atoms with van der Waals surface area (Å²) >= 11 is 0. The van der Waals surface area contributed by atoms with Crippen LogP contribution >= 0.6 is 0 Å². The Hall–Kier alpha value is -3.07. The van der Waals surface area contributed by atoms with Gasteiger partial charge in [-0.1, -0.05) is 26.0 Å². The average Bonchev–Trinajstić information content (AvgIpc) is 2.72. The van der Waals surface area contributed by atoms with Gasteiger partial charge in [-0.2, -0.15) is 0 Å². The molecular weight excluding hydrogens is 375 g/mol. The number of primary amides is 1. The molecule has 1 aliphatic rings. The van der Waals surface area contributed by atoms with E-state index < -0.39 is 11.9 Å². The molecule has 3 rings (SSSR count). The average molecular weight is 400 g/mol. The predicted octanol–water partition coefficient (Wildman–Crippen LogP) is 0.905. The fourth-order valence-electron chi connectivity index (χ4n) is 3.14. The highest BCUT2D eigenvalue weighted by molar-refractivity contribution is 5.93. The zero-order valence-electron chi connectivity index (χ0n) is 16.5. The quantitative estimate of drug-likeness (QED) is 0.664. The molecule has 0 radical (unpaired) electrons. The number of hydrogen-bond acceptors (Lipinski definition) is 6. The fourth-order valence-corrected chi connectivity index (χ4v) is 3.14.